The van der Waals surface area contributed by atoms with Crippen molar-refractivity contribution in [3.05, 3.63) is 41.0 Å². The van der Waals surface area contributed by atoms with Crippen molar-refractivity contribution in [1.82, 2.24) is 20.3 Å². The Balaban J connectivity index is 1.77. The van der Waals surface area contributed by atoms with Crippen LogP contribution in [0.25, 0.3) is 0 Å². The Labute approximate surface area is 115 Å². The minimum absolute atomic E-state index is 0.104. The van der Waals surface area contributed by atoms with E-state index in [9.17, 15) is 4.79 Å². The summed E-state index contributed by atoms with van der Waals surface area (Å²) < 4.78 is 1.39. The first-order valence-corrected chi connectivity index (χ1v) is 6.18. The third-order valence-corrected chi connectivity index (χ3v) is 2.91. The second kappa shape index (κ2) is 6.19. The van der Waals surface area contributed by atoms with Gasteiger partial charge in [0.15, 0.2) is 5.82 Å². The molecule has 100 valence electrons. The van der Waals surface area contributed by atoms with Crippen LogP contribution in [0.15, 0.2) is 30.5 Å². The largest absolute Gasteiger partial charge is 0.381 e. The Bertz CT molecular complexity index is 569. The summed E-state index contributed by atoms with van der Waals surface area (Å²) in [5.41, 5.74) is 6.42. The van der Waals surface area contributed by atoms with E-state index in [-0.39, 0.29) is 12.5 Å². The number of benzene rings is 1. The predicted molar refractivity (Wildman–Crippen MR) is 72.6 cm³/mol. The number of aromatic nitrogens is 3. The maximum Gasteiger partial charge on any atom is 0.241 e. The van der Waals surface area contributed by atoms with E-state index in [0.717, 1.165) is 5.56 Å². The molecule has 0 radical (unpaired) electrons. The van der Waals surface area contributed by atoms with Crippen molar-refractivity contribution in [1.29, 1.82) is 0 Å². The van der Waals surface area contributed by atoms with Crippen LogP contribution in [0.1, 0.15) is 5.56 Å². The normalized spacial score (nSPS) is 10.4. The number of nitrogens with zero attached hydrogens (tertiary/aromatic N) is 3. The van der Waals surface area contributed by atoms with Crippen LogP contribution in [0.2, 0.25) is 5.02 Å². The van der Waals surface area contributed by atoms with E-state index in [4.69, 9.17) is 17.3 Å². The van der Waals surface area contributed by atoms with E-state index in [1.54, 1.807) is 0 Å². The lowest BCUT2D eigenvalue weighted by Gasteiger charge is -2.06. The third-order valence-electron chi connectivity index (χ3n) is 2.54. The Hall–Kier alpha value is -2.08. The van der Waals surface area contributed by atoms with Crippen LogP contribution >= 0.6 is 11.6 Å². The molecule has 1 aromatic heterocycles. The molecule has 0 bridgehead atoms. The predicted octanol–water partition coefficient (Wildman–Crippen LogP) is 0.873. The number of nitrogen functional groups attached to an aromatic ring is 1. The molecule has 1 heterocycles. The van der Waals surface area contributed by atoms with E-state index >= 15 is 0 Å². The number of nitrogens with two attached hydrogens (primary N) is 1. The van der Waals surface area contributed by atoms with Crippen molar-refractivity contribution in [2.24, 2.45) is 0 Å². The maximum atomic E-state index is 11.6. The third kappa shape index (κ3) is 3.96. The highest BCUT2D eigenvalue weighted by Gasteiger charge is 2.05. The first-order chi connectivity index (χ1) is 9.15. The van der Waals surface area contributed by atoms with Gasteiger partial charge in [-0.2, -0.15) is 0 Å². The van der Waals surface area contributed by atoms with Gasteiger partial charge in [0.05, 0.1) is 6.20 Å². The van der Waals surface area contributed by atoms with Gasteiger partial charge in [0.2, 0.25) is 5.91 Å². The van der Waals surface area contributed by atoms with Crippen molar-refractivity contribution in [3.63, 3.8) is 0 Å². The molecule has 0 aliphatic rings. The SMILES string of the molecule is Nc1cn(CC(=O)NCCc2ccccc2Cl)nn1. The monoisotopic (exact) mass is 279 g/mol. The highest BCUT2D eigenvalue weighted by atomic mass is 35.5. The molecule has 7 heteroatoms. The summed E-state index contributed by atoms with van der Waals surface area (Å²) in [6, 6.07) is 7.56. The van der Waals surface area contributed by atoms with Crippen LogP contribution in [0.5, 0.6) is 0 Å². The van der Waals surface area contributed by atoms with Gasteiger partial charge in [-0.15, -0.1) is 5.10 Å². The van der Waals surface area contributed by atoms with Crippen molar-refractivity contribution < 1.29 is 4.79 Å². The fraction of sp³-hybridized carbons (Fsp3) is 0.250. The zero-order valence-corrected chi connectivity index (χ0v) is 11.0. The van der Waals surface area contributed by atoms with Crippen LogP contribution in [-0.4, -0.2) is 27.4 Å². The lowest BCUT2D eigenvalue weighted by atomic mass is 10.1. The summed E-state index contributed by atoms with van der Waals surface area (Å²) in [4.78, 5) is 11.6. The van der Waals surface area contributed by atoms with Crippen molar-refractivity contribution in [2.75, 3.05) is 12.3 Å². The zero-order chi connectivity index (χ0) is 13.7. The first-order valence-electron chi connectivity index (χ1n) is 5.81. The summed E-state index contributed by atoms with van der Waals surface area (Å²) in [6.45, 7) is 0.624. The van der Waals surface area contributed by atoms with Crippen LogP contribution in [0.4, 0.5) is 5.82 Å². The molecule has 0 saturated heterocycles. The van der Waals surface area contributed by atoms with Crippen LogP contribution in [0, 0.1) is 0 Å². The highest BCUT2D eigenvalue weighted by molar-refractivity contribution is 6.31. The summed E-state index contributed by atoms with van der Waals surface area (Å²) in [7, 11) is 0. The van der Waals surface area contributed by atoms with Crippen molar-refractivity contribution in [3.8, 4) is 0 Å². The number of anilines is 1. The van der Waals surface area contributed by atoms with Gasteiger partial charge in [-0.05, 0) is 18.1 Å². The van der Waals surface area contributed by atoms with E-state index in [1.165, 1.54) is 10.9 Å². The molecule has 6 nitrogen and oxygen atoms in total. The maximum absolute atomic E-state index is 11.6. The minimum Gasteiger partial charge on any atom is -0.381 e. The fourth-order valence-electron chi connectivity index (χ4n) is 1.63. The number of rotatable bonds is 5. The van der Waals surface area contributed by atoms with Gasteiger partial charge in [0, 0.05) is 11.6 Å². The molecule has 0 atom stereocenters. The average Bonchev–Trinajstić information content (AvgIpc) is 2.77. The molecule has 2 rings (SSSR count). The fourth-order valence-corrected chi connectivity index (χ4v) is 1.86. The van der Waals surface area contributed by atoms with E-state index in [2.05, 4.69) is 15.6 Å². The number of hydrogen-bond donors (Lipinski definition) is 2. The minimum atomic E-state index is -0.142. The van der Waals surface area contributed by atoms with Gasteiger partial charge in [-0.1, -0.05) is 35.0 Å². The lowest BCUT2D eigenvalue weighted by Crippen LogP contribution is -2.29. The summed E-state index contributed by atoms with van der Waals surface area (Å²) >= 11 is 6.02. The number of carbonyl (C=O) groups excluding carboxylic acids is 1. The quantitative estimate of drug-likeness (QED) is 0.850. The Morgan fingerprint density at radius 1 is 1.42 bits per heavy atom. The van der Waals surface area contributed by atoms with Gasteiger partial charge in [-0.25, -0.2) is 4.68 Å². The van der Waals surface area contributed by atoms with Gasteiger partial charge in [0.25, 0.3) is 0 Å². The molecule has 3 N–H and O–H groups in total. The number of halogens is 1. The molecule has 0 saturated carbocycles. The van der Waals surface area contributed by atoms with Crippen molar-refractivity contribution in [2.45, 2.75) is 13.0 Å². The number of nitrogens with one attached hydrogen (secondary N) is 1. The summed E-state index contributed by atoms with van der Waals surface area (Å²) in [5.74, 6) is 0.154. The molecule has 0 fully saturated rings. The van der Waals surface area contributed by atoms with E-state index < -0.39 is 0 Å². The molecule has 1 aromatic carbocycles. The van der Waals surface area contributed by atoms with Crippen molar-refractivity contribution >= 4 is 23.3 Å². The van der Waals surface area contributed by atoms with Gasteiger partial charge < -0.3 is 11.1 Å². The van der Waals surface area contributed by atoms with E-state index in [0.29, 0.717) is 23.8 Å². The second-order valence-corrected chi connectivity index (χ2v) is 4.44. The smallest absolute Gasteiger partial charge is 0.241 e. The highest BCUT2D eigenvalue weighted by Crippen LogP contribution is 2.14. The lowest BCUT2D eigenvalue weighted by molar-refractivity contribution is -0.121. The Morgan fingerprint density at radius 2 is 2.21 bits per heavy atom. The number of amides is 1. The Kier molecular flexibility index (Phi) is 4.35. The average molecular weight is 280 g/mol. The Morgan fingerprint density at radius 3 is 2.89 bits per heavy atom. The topological polar surface area (TPSA) is 85.8 Å². The van der Waals surface area contributed by atoms with Crippen LogP contribution in [-0.2, 0) is 17.8 Å². The zero-order valence-electron chi connectivity index (χ0n) is 10.2. The van der Waals surface area contributed by atoms with Gasteiger partial charge in [0.1, 0.15) is 6.54 Å². The molecule has 19 heavy (non-hydrogen) atoms. The molecular formula is C12H14ClN5O. The number of hydrogen-bond acceptors (Lipinski definition) is 4. The first kappa shape index (κ1) is 13.4. The molecule has 0 aliphatic heterocycles. The van der Waals surface area contributed by atoms with Crippen LogP contribution < -0.4 is 11.1 Å². The molecule has 0 unspecified atom stereocenters. The molecule has 1 amide bonds. The number of carbonyl (C=O) groups is 1. The summed E-state index contributed by atoms with van der Waals surface area (Å²) in [5, 5.41) is 10.8. The second-order valence-electron chi connectivity index (χ2n) is 4.03. The molecule has 2 aromatic rings. The van der Waals surface area contributed by atoms with Crippen LogP contribution in [0.3, 0.4) is 0 Å². The standard InChI is InChI=1S/C12H14ClN5O/c13-10-4-2-1-3-9(10)5-6-15-12(19)8-18-7-11(14)16-17-18/h1-4,7H,5-6,8,14H2,(H,15,19). The van der Waals surface area contributed by atoms with Gasteiger partial charge >= 0.3 is 0 Å². The molecule has 0 spiro atoms. The van der Waals surface area contributed by atoms with Gasteiger partial charge in [-0.3, -0.25) is 4.79 Å². The summed E-state index contributed by atoms with van der Waals surface area (Å²) in [6.07, 6.45) is 2.19. The molecular weight excluding hydrogens is 266 g/mol. The molecule has 0 aliphatic carbocycles. The van der Waals surface area contributed by atoms with E-state index in [1.807, 2.05) is 24.3 Å².